The second-order valence-corrected chi connectivity index (χ2v) is 5.46. The van der Waals surface area contributed by atoms with E-state index in [1.165, 1.54) is 7.05 Å². The van der Waals surface area contributed by atoms with Crippen LogP contribution in [0.25, 0.3) is 11.3 Å². The van der Waals surface area contributed by atoms with Crippen molar-refractivity contribution in [2.75, 3.05) is 7.05 Å². The minimum absolute atomic E-state index is 0.289. The molecule has 0 aliphatic rings. The molecule has 0 bridgehead atoms. The van der Waals surface area contributed by atoms with Crippen molar-refractivity contribution < 1.29 is 9.59 Å². The first-order valence-corrected chi connectivity index (χ1v) is 7.87. The van der Waals surface area contributed by atoms with E-state index in [0.29, 0.717) is 17.0 Å². The number of nitrogens with zero attached hydrogens (tertiary/aromatic N) is 1. The highest BCUT2D eigenvalue weighted by atomic mass is 16.2. The lowest BCUT2D eigenvalue weighted by Crippen LogP contribution is -2.39. The fraction of sp³-hybridized carbons (Fsp3) is 0.105. The van der Waals surface area contributed by atoms with Crippen molar-refractivity contribution in [3.8, 4) is 11.3 Å². The molecule has 6 nitrogen and oxygen atoms in total. The van der Waals surface area contributed by atoms with Crippen molar-refractivity contribution in [2.24, 2.45) is 0 Å². The molecular formula is C19H18N4O2. The molecule has 0 spiro atoms. The van der Waals surface area contributed by atoms with Crippen molar-refractivity contribution >= 4 is 11.8 Å². The number of carbonyl (C=O) groups is 2. The van der Waals surface area contributed by atoms with Gasteiger partial charge in [-0.05, 0) is 11.6 Å². The van der Waals surface area contributed by atoms with Crippen molar-refractivity contribution in [2.45, 2.75) is 6.04 Å². The lowest BCUT2D eigenvalue weighted by molar-refractivity contribution is -0.122. The molecule has 0 fully saturated rings. The maximum atomic E-state index is 12.5. The van der Waals surface area contributed by atoms with E-state index in [0.717, 1.165) is 5.56 Å². The summed E-state index contributed by atoms with van der Waals surface area (Å²) in [5.41, 5.74) is 2.58. The number of likely N-dealkylation sites (N-methyl/N-ethyl adjacent to an activating group) is 1. The van der Waals surface area contributed by atoms with E-state index in [9.17, 15) is 9.59 Å². The van der Waals surface area contributed by atoms with Crippen molar-refractivity contribution in [3.05, 3.63) is 78.0 Å². The Bertz CT molecular complexity index is 859. The Kier molecular flexibility index (Phi) is 4.89. The number of hydrogen-bond acceptors (Lipinski definition) is 3. The maximum Gasteiger partial charge on any atom is 0.270 e. The van der Waals surface area contributed by atoms with Crippen LogP contribution in [0.2, 0.25) is 0 Å². The van der Waals surface area contributed by atoms with Gasteiger partial charge in [-0.2, -0.15) is 5.10 Å². The largest absolute Gasteiger partial charge is 0.357 e. The third kappa shape index (κ3) is 3.74. The molecule has 2 amide bonds. The van der Waals surface area contributed by atoms with E-state index in [-0.39, 0.29) is 5.91 Å². The number of nitrogens with one attached hydrogen (secondary N) is 3. The third-order valence-corrected chi connectivity index (χ3v) is 3.81. The minimum atomic E-state index is -0.776. The summed E-state index contributed by atoms with van der Waals surface area (Å²) >= 11 is 0. The van der Waals surface area contributed by atoms with Crippen LogP contribution in [0.5, 0.6) is 0 Å². The van der Waals surface area contributed by atoms with E-state index >= 15 is 0 Å². The maximum absolute atomic E-state index is 12.5. The Hall–Kier alpha value is -3.41. The predicted octanol–water partition coefficient (Wildman–Crippen LogP) is 2.29. The first kappa shape index (κ1) is 16.4. The standard InChI is InChI=1S/C19H18N4O2/c1-20-19(25)17(14-10-6-3-7-11-14)21-18(24)16-12-15(22-23-16)13-8-4-2-5-9-13/h2-12,17H,1H3,(H,20,25)(H,21,24)(H,22,23). The molecule has 0 aliphatic heterocycles. The van der Waals surface area contributed by atoms with Crippen LogP contribution in [0.1, 0.15) is 22.1 Å². The van der Waals surface area contributed by atoms with Crippen LogP contribution >= 0.6 is 0 Å². The first-order chi connectivity index (χ1) is 12.2. The Morgan fingerprint density at radius 1 is 1.00 bits per heavy atom. The number of rotatable bonds is 5. The van der Waals surface area contributed by atoms with Crippen molar-refractivity contribution in [3.63, 3.8) is 0 Å². The highest BCUT2D eigenvalue weighted by molar-refractivity contribution is 5.97. The Morgan fingerprint density at radius 2 is 1.64 bits per heavy atom. The Balaban J connectivity index is 1.80. The summed E-state index contributed by atoms with van der Waals surface area (Å²) in [5.74, 6) is -0.686. The highest BCUT2D eigenvalue weighted by Crippen LogP contribution is 2.18. The van der Waals surface area contributed by atoms with Gasteiger partial charge in [0.1, 0.15) is 11.7 Å². The molecule has 25 heavy (non-hydrogen) atoms. The molecule has 0 radical (unpaired) electrons. The fourth-order valence-electron chi connectivity index (χ4n) is 2.49. The molecule has 0 aliphatic carbocycles. The van der Waals surface area contributed by atoms with E-state index in [1.807, 2.05) is 48.5 Å². The molecule has 3 N–H and O–H groups in total. The van der Waals surface area contributed by atoms with Gasteiger partial charge in [0, 0.05) is 12.6 Å². The molecule has 2 aromatic carbocycles. The lowest BCUT2D eigenvalue weighted by atomic mass is 10.1. The predicted molar refractivity (Wildman–Crippen MR) is 94.7 cm³/mol. The van der Waals surface area contributed by atoms with Crippen LogP contribution in [0.15, 0.2) is 66.7 Å². The summed E-state index contributed by atoms with van der Waals surface area (Å²) in [5, 5.41) is 12.2. The summed E-state index contributed by atoms with van der Waals surface area (Å²) < 4.78 is 0. The van der Waals surface area contributed by atoms with Crippen LogP contribution in [0.4, 0.5) is 0 Å². The number of benzene rings is 2. The molecule has 1 aromatic heterocycles. The molecule has 6 heteroatoms. The first-order valence-electron chi connectivity index (χ1n) is 7.87. The van der Waals surface area contributed by atoms with Gasteiger partial charge in [0.15, 0.2) is 0 Å². The van der Waals surface area contributed by atoms with E-state index < -0.39 is 11.9 Å². The van der Waals surface area contributed by atoms with Gasteiger partial charge in [-0.1, -0.05) is 60.7 Å². The smallest absolute Gasteiger partial charge is 0.270 e. The molecule has 1 heterocycles. The zero-order valence-electron chi connectivity index (χ0n) is 13.7. The van der Waals surface area contributed by atoms with Gasteiger partial charge in [-0.3, -0.25) is 14.7 Å². The number of aromatic amines is 1. The molecule has 126 valence electrons. The van der Waals surface area contributed by atoms with Crippen LogP contribution in [0.3, 0.4) is 0 Å². The van der Waals surface area contributed by atoms with E-state index in [4.69, 9.17) is 0 Å². The quantitative estimate of drug-likeness (QED) is 0.669. The summed E-state index contributed by atoms with van der Waals surface area (Å²) in [6.07, 6.45) is 0. The molecule has 1 unspecified atom stereocenters. The van der Waals surface area contributed by atoms with Gasteiger partial charge in [-0.15, -0.1) is 0 Å². The summed E-state index contributed by atoms with van der Waals surface area (Å²) in [6, 6.07) is 19.5. The monoisotopic (exact) mass is 334 g/mol. The van der Waals surface area contributed by atoms with Crippen LogP contribution in [-0.4, -0.2) is 29.1 Å². The van der Waals surface area contributed by atoms with Crippen molar-refractivity contribution in [1.29, 1.82) is 0 Å². The molecule has 0 saturated heterocycles. The van der Waals surface area contributed by atoms with Crippen LogP contribution in [-0.2, 0) is 4.79 Å². The van der Waals surface area contributed by atoms with Gasteiger partial charge in [0.05, 0.1) is 5.69 Å². The van der Waals surface area contributed by atoms with Gasteiger partial charge in [0.25, 0.3) is 5.91 Å². The fourth-order valence-corrected chi connectivity index (χ4v) is 2.49. The summed E-state index contributed by atoms with van der Waals surface area (Å²) in [6.45, 7) is 0. The van der Waals surface area contributed by atoms with Crippen molar-refractivity contribution in [1.82, 2.24) is 20.8 Å². The minimum Gasteiger partial charge on any atom is -0.357 e. The SMILES string of the molecule is CNC(=O)C(NC(=O)c1cc(-c2ccccc2)n[nH]1)c1ccccc1. The second-order valence-electron chi connectivity index (χ2n) is 5.46. The summed E-state index contributed by atoms with van der Waals surface area (Å²) in [4.78, 5) is 24.7. The average Bonchev–Trinajstić information content (AvgIpc) is 3.17. The third-order valence-electron chi connectivity index (χ3n) is 3.81. The topological polar surface area (TPSA) is 86.9 Å². The summed E-state index contributed by atoms with van der Waals surface area (Å²) in [7, 11) is 1.54. The second kappa shape index (κ2) is 7.44. The van der Waals surface area contributed by atoms with E-state index in [2.05, 4.69) is 20.8 Å². The molecule has 3 rings (SSSR count). The number of amides is 2. The zero-order chi connectivity index (χ0) is 17.6. The van der Waals surface area contributed by atoms with Gasteiger partial charge < -0.3 is 10.6 Å². The number of carbonyl (C=O) groups excluding carboxylic acids is 2. The number of aromatic nitrogens is 2. The number of H-pyrrole nitrogens is 1. The molecule has 0 saturated carbocycles. The normalized spacial score (nSPS) is 11.6. The molecule has 3 aromatic rings. The van der Waals surface area contributed by atoms with Gasteiger partial charge in [-0.25, -0.2) is 0 Å². The highest BCUT2D eigenvalue weighted by Gasteiger charge is 2.23. The molecule has 1 atom stereocenters. The van der Waals surface area contributed by atoms with E-state index in [1.54, 1.807) is 18.2 Å². The Morgan fingerprint density at radius 3 is 2.28 bits per heavy atom. The number of hydrogen-bond donors (Lipinski definition) is 3. The lowest BCUT2D eigenvalue weighted by Gasteiger charge is -2.17. The molecular weight excluding hydrogens is 316 g/mol. The van der Waals surface area contributed by atoms with Gasteiger partial charge in [0.2, 0.25) is 5.91 Å². The average molecular weight is 334 g/mol. The van der Waals surface area contributed by atoms with Crippen LogP contribution < -0.4 is 10.6 Å². The zero-order valence-corrected chi connectivity index (χ0v) is 13.7. The van der Waals surface area contributed by atoms with Crippen LogP contribution in [0, 0.1) is 0 Å². The van der Waals surface area contributed by atoms with Gasteiger partial charge >= 0.3 is 0 Å². The Labute approximate surface area is 145 Å².